The first kappa shape index (κ1) is 18.7. The summed E-state index contributed by atoms with van der Waals surface area (Å²) >= 11 is 1.34. The summed E-state index contributed by atoms with van der Waals surface area (Å²) in [5.41, 5.74) is 1.66. The number of hydrogen-bond acceptors (Lipinski definition) is 6. The van der Waals surface area contributed by atoms with Crippen LogP contribution >= 0.6 is 11.3 Å². The van der Waals surface area contributed by atoms with Gasteiger partial charge in [0.25, 0.3) is 5.91 Å². The van der Waals surface area contributed by atoms with E-state index in [9.17, 15) is 4.79 Å². The summed E-state index contributed by atoms with van der Waals surface area (Å²) in [7, 11) is 0. The minimum atomic E-state index is -0.139. The quantitative estimate of drug-likeness (QED) is 0.654. The molecule has 1 aliphatic carbocycles. The van der Waals surface area contributed by atoms with Crippen LogP contribution in [0, 0.1) is 13.8 Å². The molecule has 0 atom stereocenters. The fraction of sp³-hybridized carbons (Fsp3) is 0.381. The number of aromatic nitrogens is 2. The zero-order valence-electron chi connectivity index (χ0n) is 16.0. The molecule has 6 nitrogen and oxygen atoms in total. The van der Waals surface area contributed by atoms with E-state index in [0.29, 0.717) is 33.8 Å². The van der Waals surface area contributed by atoms with Crippen molar-refractivity contribution in [1.29, 1.82) is 0 Å². The maximum absolute atomic E-state index is 12.6. The van der Waals surface area contributed by atoms with Gasteiger partial charge in [-0.2, -0.15) is 0 Å². The SMILES string of the molecule is Cc1ccc(-c2nc(C)c(C(=O)NCc3ccnc(OC4CCCC4)c3)s2)o1. The molecule has 0 aliphatic heterocycles. The molecule has 1 amide bonds. The van der Waals surface area contributed by atoms with Crippen LogP contribution in [-0.2, 0) is 6.54 Å². The molecular formula is C21H23N3O3S. The Labute approximate surface area is 168 Å². The highest BCUT2D eigenvalue weighted by molar-refractivity contribution is 7.17. The molecule has 0 aromatic carbocycles. The topological polar surface area (TPSA) is 77.2 Å². The molecule has 0 saturated heterocycles. The van der Waals surface area contributed by atoms with E-state index in [-0.39, 0.29) is 12.0 Å². The first-order valence-corrected chi connectivity index (χ1v) is 10.3. The Kier molecular flexibility index (Phi) is 5.43. The van der Waals surface area contributed by atoms with Gasteiger partial charge < -0.3 is 14.5 Å². The highest BCUT2D eigenvalue weighted by atomic mass is 32.1. The monoisotopic (exact) mass is 397 g/mol. The summed E-state index contributed by atoms with van der Waals surface area (Å²) in [6.07, 6.45) is 6.60. The third-order valence-electron chi connectivity index (χ3n) is 4.80. The van der Waals surface area contributed by atoms with Crippen LogP contribution in [0.5, 0.6) is 5.88 Å². The van der Waals surface area contributed by atoms with Crippen molar-refractivity contribution < 1.29 is 13.9 Å². The van der Waals surface area contributed by atoms with Gasteiger partial charge in [0.2, 0.25) is 5.88 Å². The van der Waals surface area contributed by atoms with Crippen molar-refractivity contribution in [3.05, 3.63) is 52.4 Å². The molecule has 1 saturated carbocycles. The highest BCUT2D eigenvalue weighted by Gasteiger charge is 2.19. The summed E-state index contributed by atoms with van der Waals surface area (Å²) in [4.78, 5) is 22.0. The summed E-state index contributed by atoms with van der Waals surface area (Å²) in [6, 6.07) is 7.55. The lowest BCUT2D eigenvalue weighted by atomic mass is 10.2. The van der Waals surface area contributed by atoms with Crippen molar-refractivity contribution in [3.63, 3.8) is 0 Å². The molecule has 0 bridgehead atoms. The molecule has 146 valence electrons. The Balaban J connectivity index is 1.40. The second kappa shape index (κ2) is 8.14. The fourth-order valence-corrected chi connectivity index (χ4v) is 4.27. The van der Waals surface area contributed by atoms with E-state index in [0.717, 1.165) is 24.2 Å². The Bertz CT molecular complexity index is 973. The zero-order chi connectivity index (χ0) is 19.5. The Morgan fingerprint density at radius 1 is 1.29 bits per heavy atom. The van der Waals surface area contributed by atoms with Gasteiger partial charge in [0, 0.05) is 18.8 Å². The number of amides is 1. The first-order chi connectivity index (χ1) is 13.6. The number of pyridine rings is 1. The molecule has 3 aromatic heterocycles. The Morgan fingerprint density at radius 2 is 2.11 bits per heavy atom. The maximum atomic E-state index is 12.6. The van der Waals surface area contributed by atoms with Crippen LogP contribution in [0.15, 0.2) is 34.9 Å². The maximum Gasteiger partial charge on any atom is 0.263 e. The van der Waals surface area contributed by atoms with E-state index in [2.05, 4.69) is 15.3 Å². The molecule has 0 unspecified atom stereocenters. The van der Waals surface area contributed by atoms with E-state index in [1.54, 1.807) is 6.20 Å². The standard InChI is InChI=1S/C21H23N3O3S/c1-13-7-8-17(26-13)21-24-14(2)19(28-21)20(25)23-12-15-9-10-22-18(11-15)27-16-5-3-4-6-16/h7-11,16H,3-6,12H2,1-2H3,(H,23,25). The lowest BCUT2D eigenvalue weighted by Gasteiger charge is -2.12. The van der Waals surface area contributed by atoms with Crippen molar-refractivity contribution in [2.75, 3.05) is 0 Å². The van der Waals surface area contributed by atoms with Crippen molar-refractivity contribution in [3.8, 4) is 16.6 Å². The van der Waals surface area contributed by atoms with Gasteiger partial charge in [0.1, 0.15) is 16.7 Å². The van der Waals surface area contributed by atoms with Crippen LogP contribution in [0.2, 0.25) is 0 Å². The molecule has 0 radical (unpaired) electrons. The van der Waals surface area contributed by atoms with Crippen molar-refractivity contribution >= 4 is 17.2 Å². The molecule has 1 N–H and O–H groups in total. The minimum Gasteiger partial charge on any atom is -0.474 e. The summed E-state index contributed by atoms with van der Waals surface area (Å²) in [6.45, 7) is 4.14. The lowest BCUT2D eigenvalue weighted by Crippen LogP contribution is -2.22. The number of nitrogens with zero attached hydrogens (tertiary/aromatic N) is 2. The number of furan rings is 1. The van der Waals surface area contributed by atoms with Crippen LogP contribution < -0.4 is 10.1 Å². The van der Waals surface area contributed by atoms with Gasteiger partial charge in [-0.3, -0.25) is 4.79 Å². The summed E-state index contributed by atoms with van der Waals surface area (Å²) in [5.74, 6) is 2.00. The summed E-state index contributed by atoms with van der Waals surface area (Å²) in [5, 5.41) is 3.68. The largest absolute Gasteiger partial charge is 0.474 e. The number of hydrogen-bond donors (Lipinski definition) is 1. The zero-order valence-corrected chi connectivity index (χ0v) is 16.8. The second-order valence-corrected chi connectivity index (χ2v) is 8.05. The molecule has 3 aromatic rings. The van der Waals surface area contributed by atoms with E-state index in [1.807, 2.05) is 38.1 Å². The van der Waals surface area contributed by atoms with Gasteiger partial charge in [-0.25, -0.2) is 9.97 Å². The third kappa shape index (κ3) is 4.25. The van der Waals surface area contributed by atoms with E-state index in [1.165, 1.54) is 24.2 Å². The molecule has 0 spiro atoms. The van der Waals surface area contributed by atoms with Crippen molar-refractivity contribution in [2.45, 2.75) is 52.2 Å². The van der Waals surface area contributed by atoms with Gasteiger partial charge in [0.15, 0.2) is 10.8 Å². The average molecular weight is 398 g/mol. The van der Waals surface area contributed by atoms with Crippen LogP contribution in [0.1, 0.15) is 52.4 Å². The molecular weight excluding hydrogens is 374 g/mol. The van der Waals surface area contributed by atoms with E-state index < -0.39 is 0 Å². The van der Waals surface area contributed by atoms with Gasteiger partial charge in [0.05, 0.1) is 5.69 Å². The number of aryl methyl sites for hydroxylation is 2. The van der Waals surface area contributed by atoms with Gasteiger partial charge in [-0.15, -0.1) is 11.3 Å². The Hall–Kier alpha value is -2.67. The number of rotatable bonds is 6. The first-order valence-electron chi connectivity index (χ1n) is 9.52. The number of carbonyl (C=O) groups excluding carboxylic acids is 1. The molecule has 1 aliphatic rings. The van der Waals surface area contributed by atoms with Crippen LogP contribution in [-0.4, -0.2) is 22.0 Å². The predicted molar refractivity (Wildman–Crippen MR) is 108 cm³/mol. The van der Waals surface area contributed by atoms with E-state index >= 15 is 0 Å². The summed E-state index contributed by atoms with van der Waals surface area (Å²) < 4.78 is 11.5. The average Bonchev–Trinajstić information content (AvgIpc) is 3.42. The molecule has 1 fully saturated rings. The van der Waals surface area contributed by atoms with Gasteiger partial charge >= 0.3 is 0 Å². The smallest absolute Gasteiger partial charge is 0.263 e. The predicted octanol–water partition coefficient (Wildman–Crippen LogP) is 4.67. The van der Waals surface area contributed by atoms with Crippen molar-refractivity contribution in [1.82, 2.24) is 15.3 Å². The number of ether oxygens (including phenoxy) is 1. The molecule has 28 heavy (non-hydrogen) atoms. The van der Waals surface area contributed by atoms with Gasteiger partial charge in [-0.1, -0.05) is 0 Å². The minimum absolute atomic E-state index is 0.139. The van der Waals surface area contributed by atoms with Gasteiger partial charge in [-0.05, 0) is 63.3 Å². The highest BCUT2D eigenvalue weighted by Crippen LogP contribution is 2.29. The third-order valence-corrected chi connectivity index (χ3v) is 5.97. The molecule has 7 heteroatoms. The number of thiazole rings is 1. The second-order valence-electron chi connectivity index (χ2n) is 7.05. The van der Waals surface area contributed by atoms with Crippen LogP contribution in [0.3, 0.4) is 0 Å². The Morgan fingerprint density at radius 3 is 2.86 bits per heavy atom. The van der Waals surface area contributed by atoms with Crippen molar-refractivity contribution in [2.24, 2.45) is 0 Å². The lowest BCUT2D eigenvalue weighted by molar-refractivity contribution is 0.0954. The molecule has 3 heterocycles. The number of nitrogens with one attached hydrogen (secondary N) is 1. The fourth-order valence-electron chi connectivity index (χ4n) is 3.33. The normalized spacial score (nSPS) is 14.4. The van der Waals surface area contributed by atoms with Crippen LogP contribution in [0.4, 0.5) is 0 Å². The number of carbonyl (C=O) groups is 1. The van der Waals surface area contributed by atoms with Crippen LogP contribution in [0.25, 0.3) is 10.8 Å². The van der Waals surface area contributed by atoms with E-state index in [4.69, 9.17) is 9.15 Å². The molecule has 4 rings (SSSR count).